The van der Waals surface area contributed by atoms with Gasteiger partial charge < -0.3 is 10.1 Å². The van der Waals surface area contributed by atoms with E-state index in [4.69, 9.17) is 4.74 Å². The maximum Gasteiger partial charge on any atom is 0.0698 e. The molecule has 2 heterocycles. The summed E-state index contributed by atoms with van der Waals surface area (Å²) in [5.41, 5.74) is 1.28. The Labute approximate surface area is 130 Å². The van der Waals surface area contributed by atoms with Crippen molar-refractivity contribution in [3.8, 4) is 0 Å². The maximum absolute atomic E-state index is 5.53. The summed E-state index contributed by atoms with van der Waals surface area (Å²) < 4.78 is 8.77. The zero-order chi connectivity index (χ0) is 14.5. The molecule has 1 aromatic heterocycles. The topological polar surface area (TPSA) is 39.1 Å². The molecule has 1 saturated heterocycles. The van der Waals surface area contributed by atoms with E-state index in [0.29, 0.717) is 18.0 Å². The van der Waals surface area contributed by atoms with Crippen LogP contribution in [-0.4, -0.2) is 29.5 Å². The number of hydrogen-bond donors (Lipinski definition) is 1. The van der Waals surface area contributed by atoms with E-state index in [1.54, 1.807) is 0 Å². The number of ether oxygens (including phenoxy) is 1. The Morgan fingerprint density at radius 1 is 1.55 bits per heavy atom. The van der Waals surface area contributed by atoms with Gasteiger partial charge in [-0.25, -0.2) is 0 Å². The highest BCUT2D eigenvalue weighted by Crippen LogP contribution is 2.32. The summed E-state index contributed by atoms with van der Waals surface area (Å²) in [6.45, 7) is 9.41. The SMILES string of the molecule is CCCNC(CC1CCOC1)c1c(Br)cnn1C(C)C. The first-order valence-electron chi connectivity index (χ1n) is 7.67. The van der Waals surface area contributed by atoms with Gasteiger partial charge in [0.05, 0.1) is 22.4 Å². The molecule has 1 aromatic rings. The predicted molar refractivity (Wildman–Crippen MR) is 84.9 cm³/mol. The third-order valence-corrected chi connectivity index (χ3v) is 4.45. The summed E-state index contributed by atoms with van der Waals surface area (Å²) in [4.78, 5) is 0. The Morgan fingerprint density at radius 2 is 2.35 bits per heavy atom. The summed E-state index contributed by atoms with van der Waals surface area (Å²) in [6.07, 6.45) is 5.36. The fourth-order valence-corrected chi connectivity index (χ4v) is 3.35. The minimum absolute atomic E-state index is 0.348. The minimum atomic E-state index is 0.348. The van der Waals surface area contributed by atoms with Crippen molar-refractivity contribution < 1.29 is 4.74 Å². The van der Waals surface area contributed by atoms with E-state index in [2.05, 4.69) is 51.8 Å². The summed E-state index contributed by atoms with van der Waals surface area (Å²) in [7, 11) is 0. The van der Waals surface area contributed by atoms with Gasteiger partial charge in [0.1, 0.15) is 0 Å². The molecule has 0 saturated carbocycles. The Balaban J connectivity index is 2.18. The molecule has 1 aliphatic heterocycles. The van der Waals surface area contributed by atoms with Crippen LogP contribution >= 0.6 is 15.9 Å². The molecule has 20 heavy (non-hydrogen) atoms. The van der Waals surface area contributed by atoms with Gasteiger partial charge in [-0.3, -0.25) is 4.68 Å². The molecular formula is C15H26BrN3O. The van der Waals surface area contributed by atoms with Crippen molar-refractivity contribution in [2.45, 2.75) is 52.1 Å². The average molecular weight is 344 g/mol. The molecule has 5 heteroatoms. The minimum Gasteiger partial charge on any atom is -0.381 e. The Kier molecular flexibility index (Phi) is 6.05. The van der Waals surface area contributed by atoms with Crippen LogP contribution < -0.4 is 5.32 Å². The molecule has 0 spiro atoms. The van der Waals surface area contributed by atoms with Crippen LogP contribution in [0.25, 0.3) is 0 Å². The second kappa shape index (κ2) is 7.57. The Morgan fingerprint density at radius 3 is 2.95 bits per heavy atom. The molecule has 2 unspecified atom stereocenters. The molecule has 0 radical (unpaired) electrons. The van der Waals surface area contributed by atoms with E-state index in [-0.39, 0.29) is 0 Å². The second-order valence-electron chi connectivity index (χ2n) is 5.89. The molecule has 2 rings (SSSR count). The van der Waals surface area contributed by atoms with Crippen LogP contribution in [0.2, 0.25) is 0 Å². The highest BCUT2D eigenvalue weighted by atomic mass is 79.9. The molecule has 1 fully saturated rings. The molecule has 1 aliphatic rings. The van der Waals surface area contributed by atoms with Gasteiger partial charge in [-0.2, -0.15) is 5.10 Å². The molecule has 114 valence electrons. The van der Waals surface area contributed by atoms with Gasteiger partial charge in [0, 0.05) is 19.3 Å². The van der Waals surface area contributed by atoms with Gasteiger partial charge in [0.15, 0.2) is 0 Å². The lowest BCUT2D eigenvalue weighted by molar-refractivity contribution is 0.181. The first-order chi connectivity index (χ1) is 9.63. The number of hydrogen-bond acceptors (Lipinski definition) is 3. The van der Waals surface area contributed by atoms with Crippen LogP contribution in [0.3, 0.4) is 0 Å². The normalized spacial score (nSPS) is 20.8. The fraction of sp³-hybridized carbons (Fsp3) is 0.800. The first-order valence-corrected chi connectivity index (χ1v) is 8.46. The van der Waals surface area contributed by atoms with Crippen molar-refractivity contribution in [1.29, 1.82) is 0 Å². The lowest BCUT2D eigenvalue weighted by Gasteiger charge is -2.24. The van der Waals surface area contributed by atoms with Crippen molar-refractivity contribution in [1.82, 2.24) is 15.1 Å². The zero-order valence-corrected chi connectivity index (χ0v) is 14.3. The number of nitrogens with zero attached hydrogens (tertiary/aromatic N) is 2. The van der Waals surface area contributed by atoms with Gasteiger partial charge in [0.25, 0.3) is 0 Å². The number of aromatic nitrogens is 2. The Hall–Kier alpha value is -0.390. The molecule has 1 N–H and O–H groups in total. The number of nitrogens with one attached hydrogen (secondary N) is 1. The third kappa shape index (κ3) is 3.83. The fourth-order valence-electron chi connectivity index (χ4n) is 2.80. The van der Waals surface area contributed by atoms with Crippen molar-refractivity contribution in [2.24, 2.45) is 5.92 Å². The lowest BCUT2D eigenvalue weighted by Crippen LogP contribution is -2.28. The maximum atomic E-state index is 5.53. The van der Waals surface area contributed by atoms with Crippen molar-refractivity contribution >= 4 is 15.9 Å². The standard InChI is InChI=1S/C15H26BrN3O/c1-4-6-17-14(8-12-5-7-20-10-12)15-13(16)9-18-19(15)11(2)3/h9,11-12,14,17H,4-8,10H2,1-3H3. The van der Waals surface area contributed by atoms with Gasteiger partial charge in [-0.15, -0.1) is 0 Å². The molecule has 4 nitrogen and oxygen atoms in total. The molecule has 0 amide bonds. The van der Waals surface area contributed by atoms with Crippen molar-refractivity contribution in [3.05, 3.63) is 16.4 Å². The van der Waals surface area contributed by atoms with Crippen LogP contribution in [0, 0.1) is 5.92 Å². The highest BCUT2D eigenvalue weighted by Gasteiger charge is 2.26. The van der Waals surface area contributed by atoms with Crippen LogP contribution in [0.15, 0.2) is 10.7 Å². The average Bonchev–Trinajstić information content (AvgIpc) is 3.04. The monoisotopic (exact) mass is 343 g/mol. The zero-order valence-electron chi connectivity index (χ0n) is 12.7. The third-order valence-electron chi connectivity index (χ3n) is 3.84. The second-order valence-corrected chi connectivity index (χ2v) is 6.74. The molecule has 2 atom stereocenters. The predicted octanol–water partition coefficient (Wildman–Crippen LogP) is 3.69. The van der Waals surface area contributed by atoms with Crippen LogP contribution in [0.5, 0.6) is 0 Å². The van der Waals surface area contributed by atoms with E-state index < -0.39 is 0 Å². The van der Waals surface area contributed by atoms with E-state index in [1.165, 1.54) is 12.1 Å². The number of halogens is 1. The number of rotatable bonds is 7. The van der Waals surface area contributed by atoms with Gasteiger partial charge in [-0.05, 0) is 61.5 Å². The largest absolute Gasteiger partial charge is 0.381 e. The molecule has 0 aliphatic carbocycles. The van der Waals surface area contributed by atoms with Gasteiger partial charge in [0.2, 0.25) is 0 Å². The molecule has 0 bridgehead atoms. The molecular weight excluding hydrogens is 318 g/mol. The summed E-state index contributed by atoms with van der Waals surface area (Å²) in [5.74, 6) is 0.659. The first kappa shape index (κ1) is 16.0. The van der Waals surface area contributed by atoms with E-state index in [0.717, 1.165) is 37.1 Å². The van der Waals surface area contributed by atoms with Crippen molar-refractivity contribution in [2.75, 3.05) is 19.8 Å². The molecule has 0 aromatic carbocycles. The van der Waals surface area contributed by atoms with Crippen molar-refractivity contribution in [3.63, 3.8) is 0 Å². The van der Waals surface area contributed by atoms with Gasteiger partial charge in [-0.1, -0.05) is 6.92 Å². The summed E-state index contributed by atoms with van der Waals surface area (Å²) >= 11 is 3.67. The smallest absolute Gasteiger partial charge is 0.0698 e. The van der Waals surface area contributed by atoms with E-state index >= 15 is 0 Å². The summed E-state index contributed by atoms with van der Waals surface area (Å²) in [6, 6.07) is 0.725. The quantitative estimate of drug-likeness (QED) is 0.820. The Bertz CT molecular complexity index is 413. The van der Waals surface area contributed by atoms with Gasteiger partial charge >= 0.3 is 0 Å². The van der Waals surface area contributed by atoms with Crippen LogP contribution in [-0.2, 0) is 4.74 Å². The highest BCUT2D eigenvalue weighted by molar-refractivity contribution is 9.10. The lowest BCUT2D eigenvalue weighted by atomic mass is 9.96. The van der Waals surface area contributed by atoms with Crippen LogP contribution in [0.1, 0.15) is 57.8 Å². The van der Waals surface area contributed by atoms with E-state index in [9.17, 15) is 0 Å². The van der Waals surface area contributed by atoms with Crippen LogP contribution in [0.4, 0.5) is 0 Å². The summed E-state index contributed by atoms with van der Waals surface area (Å²) in [5, 5.41) is 8.21. The van der Waals surface area contributed by atoms with E-state index in [1.807, 2.05) is 6.20 Å².